The van der Waals surface area contributed by atoms with Gasteiger partial charge in [-0.15, -0.1) is 0 Å². The first-order valence-corrected chi connectivity index (χ1v) is 5.81. The van der Waals surface area contributed by atoms with E-state index < -0.39 is 24.4 Å². The number of anilines is 1. The van der Waals surface area contributed by atoms with Crippen molar-refractivity contribution in [3.8, 4) is 5.75 Å². The highest BCUT2D eigenvalue weighted by molar-refractivity contribution is 5.80. The van der Waals surface area contributed by atoms with E-state index in [1.165, 1.54) is 12.1 Å². The van der Waals surface area contributed by atoms with Crippen LogP contribution in [0.5, 0.6) is 5.75 Å². The number of carbonyl (C=O) groups is 1. The number of amides is 1. The van der Waals surface area contributed by atoms with Crippen LogP contribution in [0.2, 0.25) is 0 Å². The topological polar surface area (TPSA) is 50.4 Å². The van der Waals surface area contributed by atoms with E-state index in [9.17, 15) is 22.4 Å². The molecule has 0 fully saturated rings. The van der Waals surface area contributed by atoms with Gasteiger partial charge in [-0.05, 0) is 19.1 Å². The van der Waals surface area contributed by atoms with Crippen LogP contribution >= 0.6 is 0 Å². The fourth-order valence-electron chi connectivity index (χ4n) is 1.33. The maximum absolute atomic E-state index is 13.5. The molecule has 0 atom stereocenters. The van der Waals surface area contributed by atoms with Crippen LogP contribution in [0.4, 0.5) is 23.2 Å². The summed E-state index contributed by atoms with van der Waals surface area (Å²) in [7, 11) is 0. The summed E-state index contributed by atoms with van der Waals surface area (Å²) in [5, 5.41) is 4.21. The molecule has 0 aliphatic heterocycles. The molecule has 0 aromatic heterocycles. The van der Waals surface area contributed by atoms with Crippen molar-refractivity contribution in [2.24, 2.45) is 0 Å². The van der Waals surface area contributed by atoms with E-state index in [2.05, 4.69) is 5.32 Å². The Bertz CT molecular complexity index is 463. The normalized spacial score (nSPS) is 11.1. The second-order valence-corrected chi connectivity index (χ2v) is 3.82. The van der Waals surface area contributed by atoms with Crippen molar-refractivity contribution in [1.82, 2.24) is 5.32 Å². The largest absolute Gasteiger partial charge is 0.491 e. The number of rotatable bonds is 6. The minimum absolute atomic E-state index is 0.0690. The Morgan fingerprint density at radius 2 is 2.05 bits per heavy atom. The first-order chi connectivity index (χ1) is 9.31. The molecule has 0 bridgehead atoms. The fraction of sp³-hybridized carbons (Fsp3) is 0.417. The first kappa shape index (κ1) is 16.1. The van der Waals surface area contributed by atoms with Crippen molar-refractivity contribution in [3.63, 3.8) is 0 Å². The van der Waals surface area contributed by atoms with Gasteiger partial charge >= 0.3 is 6.18 Å². The van der Waals surface area contributed by atoms with Gasteiger partial charge in [-0.2, -0.15) is 13.2 Å². The molecular weight excluding hydrogens is 280 g/mol. The molecule has 20 heavy (non-hydrogen) atoms. The van der Waals surface area contributed by atoms with Crippen molar-refractivity contribution < 1.29 is 27.1 Å². The lowest BCUT2D eigenvalue weighted by Crippen LogP contribution is -2.37. The van der Waals surface area contributed by atoms with Gasteiger partial charge in [0, 0.05) is 11.8 Å². The fourth-order valence-corrected chi connectivity index (χ4v) is 1.33. The van der Waals surface area contributed by atoms with Crippen LogP contribution < -0.4 is 15.4 Å². The predicted octanol–water partition coefficient (Wildman–Crippen LogP) is 2.31. The van der Waals surface area contributed by atoms with Gasteiger partial charge in [0.1, 0.15) is 6.54 Å². The first-order valence-electron chi connectivity index (χ1n) is 5.81. The third-order valence-corrected chi connectivity index (χ3v) is 2.17. The van der Waals surface area contributed by atoms with E-state index in [-0.39, 0.29) is 18.0 Å². The molecule has 0 heterocycles. The average Bonchev–Trinajstić information content (AvgIpc) is 2.36. The summed E-state index contributed by atoms with van der Waals surface area (Å²) in [4.78, 5) is 11.1. The lowest BCUT2D eigenvalue weighted by Gasteiger charge is -2.10. The maximum atomic E-state index is 13.5. The SMILES string of the molecule is CCOc1ccc(NCC(=O)NCC(F)(F)F)cc1F. The van der Waals surface area contributed by atoms with E-state index in [0.29, 0.717) is 6.61 Å². The highest BCUT2D eigenvalue weighted by Crippen LogP contribution is 2.20. The van der Waals surface area contributed by atoms with Gasteiger partial charge in [0.15, 0.2) is 11.6 Å². The third kappa shape index (κ3) is 5.77. The molecule has 2 N–H and O–H groups in total. The van der Waals surface area contributed by atoms with Gasteiger partial charge in [-0.25, -0.2) is 4.39 Å². The molecule has 1 amide bonds. The lowest BCUT2D eigenvalue weighted by atomic mass is 10.3. The summed E-state index contributed by atoms with van der Waals surface area (Å²) in [6.45, 7) is 0.231. The van der Waals surface area contributed by atoms with Crippen LogP contribution in [0.15, 0.2) is 18.2 Å². The van der Waals surface area contributed by atoms with Gasteiger partial charge in [0.05, 0.1) is 13.2 Å². The zero-order valence-corrected chi connectivity index (χ0v) is 10.7. The summed E-state index contributed by atoms with van der Waals surface area (Å²) in [6.07, 6.45) is -4.46. The predicted molar refractivity (Wildman–Crippen MR) is 65.1 cm³/mol. The van der Waals surface area contributed by atoms with E-state index in [0.717, 1.165) is 6.07 Å². The van der Waals surface area contributed by atoms with Gasteiger partial charge in [0.2, 0.25) is 5.91 Å². The lowest BCUT2D eigenvalue weighted by molar-refractivity contribution is -0.137. The van der Waals surface area contributed by atoms with E-state index in [1.807, 2.05) is 0 Å². The Morgan fingerprint density at radius 3 is 2.60 bits per heavy atom. The Morgan fingerprint density at radius 1 is 1.35 bits per heavy atom. The van der Waals surface area contributed by atoms with Gasteiger partial charge in [0.25, 0.3) is 0 Å². The molecule has 1 aromatic carbocycles. The van der Waals surface area contributed by atoms with Crippen molar-refractivity contribution in [2.45, 2.75) is 13.1 Å². The molecule has 0 aliphatic carbocycles. The molecule has 0 spiro atoms. The highest BCUT2D eigenvalue weighted by atomic mass is 19.4. The molecule has 4 nitrogen and oxygen atoms in total. The molecule has 0 saturated carbocycles. The number of nitrogens with one attached hydrogen (secondary N) is 2. The number of ether oxygens (including phenoxy) is 1. The third-order valence-electron chi connectivity index (χ3n) is 2.17. The van der Waals surface area contributed by atoms with E-state index in [4.69, 9.17) is 4.74 Å². The Labute approximate surface area is 113 Å². The standard InChI is InChI=1S/C12H14F4N2O2/c1-2-20-10-4-3-8(5-9(10)13)17-6-11(19)18-7-12(14,15)16/h3-5,17H,2,6-7H2,1H3,(H,18,19). The Hall–Kier alpha value is -1.99. The van der Waals surface area contributed by atoms with E-state index >= 15 is 0 Å². The molecule has 112 valence electrons. The summed E-state index contributed by atoms with van der Waals surface area (Å²) in [5.41, 5.74) is 0.271. The second-order valence-electron chi connectivity index (χ2n) is 3.82. The molecule has 8 heteroatoms. The smallest absolute Gasteiger partial charge is 0.405 e. The molecule has 0 radical (unpaired) electrons. The molecule has 0 aliphatic rings. The van der Waals surface area contributed by atoms with Crippen molar-refractivity contribution >= 4 is 11.6 Å². The number of halogens is 4. The maximum Gasteiger partial charge on any atom is 0.405 e. The van der Waals surface area contributed by atoms with Crippen molar-refractivity contribution in [3.05, 3.63) is 24.0 Å². The van der Waals surface area contributed by atoms with Crippen LogP contribution in [0.3, 0.4) is 0 Å². The summed E-state index contributed by atoms with van der Waals surface area (Å²) < 4.78 is 54.0. The summed E-state index contributed by atoms with van der Waals surface area (Å²) in [5.74, 6) is -1.39. The zero-order valence-electron chi connectivity index (χ0n) is 10.7. The van der Waals surface area contributed by atoms with Crippen LogP contribution in [0, 0.1) is 5.82 Å². The van der Waals surface area contributed by atoms with Gasteiger partial charge in [-0.3, -0.25) is 4.79 Å². The highest BCUT2D eigenvalue weighted by Gasteiger charge is 2.27. The van der Waals surface area contributed by atoms with Gasteiger partial charge < -0.3 is 15.4 Å². The number of hydrogen-bond donors (Lipinski definition) is 2. The Kier molecular flexibility index (Phi) is 5.60. The van der Waals surface area contributed by atoms with Crippen LogP contribution in [0.1, 0.15) is 6.92 Å². The summed E-state index contributed by atoms with van der Waals surface area (Å²) in [6, 6.07) is 3.93. The minimum Gasteiger partial charge on any atom is -0.491 e. The molecule has 1 aromatic rings. The van der Waals surface area contributed by atoms with Crippen LogP contribution in [-0.4, -0.2) is 31.8 Å². The quantitative estimate of drug-likeness (QED) is 0.792. The number of carbonyl (C=O) groups excluding carboxylic acids is 1. The van der Waals surface area contributed by atoms with Crippen LogP contribution in [-0.2, 0) is 4.79 Å². The number of hydrogen-bond acceptors (Lipinski definition) is 3. The van der Waals surface area contributed by atoms with Gasteiger partial charge in [-0.1, -0.05) is 0 Å². The second kappa shape index (κ2) is 6.97. The molecular formula is C12H14F4N2O2. The van der Waals surface area contributed by atoms with Crippen molar-refractivity contribution in [1.29, 1.82) is 0 Å². The molecule has 0 unspecified atom stereocenters. The van der Waals surface area contributed by atoms with E-state index in [1.54, 1.807) is 12.2 Å². The van der Waals surface area contributed by atoms with Crippen LogP contribution in [0.25, 0.3) is 0 Å². The zero-order chi connectivity index (χ0) is 15.2. The minimum atomic E-state index is -4.46. The average molecular weight is 294 g/mol. The molecule has 0 saturated heterocycles. The number of alkyl halides is 3. The van der Waals surface area contributed by atoms with Crippen molar-refractivity contribution in [2.75, 3.05) is 25.0 Å². The summed E-state index contributed by atoms with van der Waals surface area (Å²) >= 11 is 0. The number of benzene rings is 1. The monoisotopic (exact) mass is 294 g/mol. The molecule has 1 rings (SSSR count). The Balaban J connectivity index is 2.45.